The molecule has 0 unspecified atom stereocenters. The molecular formula is C20H31N7O4S. The van der Waals surface area contributed by atoms with E-state index in [9.17, 15) is 14.4 Å². The van der Waals surface area contributed by atoms with Crippen molar-refractivity contribution >= 4 is 29.3 Å². The molecule has 32 heavy (non-hydrogen) atoms. The Bertz CT molecular complexity index is 1070. The highest BCUT2D eigenvalue weighted by Gasteiger charge is 2.24. The number of ketones is 1. The highest BCUT2D eigenvalue weighted by Crippen LogP contribution is 2.25. The average molecular weight is 466 g/mol. The zero-order valence-corrected chi connectivity index (χ0v) is 19.8. The number of morpholine rings is 1. The molecule has 0 amide bonds. The molecule has 0 spiro atoms. The summed E-state index contributed by atoms with van der Waals surface area (Å²) in [5, 5.41) is 9.24. The van der Waals surface area contributed by atoms with Crippen molar-refractivity contribution in [2.45, 2.75) is 45.9 Å². The average Bonchev–Trinajstić information content (AvgIpc) is 3.11. The van der Waals surface area contributed by atoms with E-state index in [1.807, 2.05) is 18.4 Å². The molecule has 1 fully saturated rings. The smallest absolute Gasteiger partial charge is 0.329 e. The Morgan fingerprint density at radius 3 is 2.34 bits per heavy atom. The maximum atomic E-state index is 12.9. The SMILES string of the molecule is CC(C)Cn1c(SCC(=O)c2c(N)n(CC(C)C)c(=O)[nH]c2=O)nnc1N1CCOCC1. The van der Waals surface area contributed by atoms with Crippen LogP contribution in [0.15, 0.2) is 14.7 Å². The fourth-order valence-corrected chi connectivity index (χ4v) is 4.33. The lowest BCUT2D eigenvalue weighted by Gasteiger charge is -2.28. The summed E-state index contributed by atoms with van der Waals surface area (Å²) in [6.45, 7) is 11.7. The highest BCUT2D eigenvalue weighted by atomic mass is 32.2. The number of nitrogens with two attached hydrogens (primary N) is 1. The second kappa shape index (κ2) is 10.3. The van der Waals surface area contributed by atoms with Crippen molar-refractivity contribution in [2.24, 2.45) is 11.8 Å². The van der Waals surface area contributed by atoms with Gasteiger partial charge in [-0.15, -0.1) is 10.2 Å². The van der Waals surface area contributed by atoms with Gasteiger partial charge in [0.1, 0.15) is 11.4 Å². The van der Waals surface area contributed by atoms with Gasteiger partial charge in [-0.3, -0.25) is 23.7 Å². The summed E-state index contributed by atoms with van der Waals surface area (Å²) >= 11 is 1.20. The molecule has 2 aromatic rings. The lowest BCUT2D eigenvalue weighted by atomic mass is 10.2. The van der Waals surface area contributed by atoms with Crippen molar-refractivity contribution in [1.29, 1.82) is 0 Å². The predicted molar refractivity (Wildman–Crippen MR) is 124 cm³/mol. The van der Waals surface area contributed by atoms with Crippen LogP contribution in [0.3, 0.4) is 0 Å². The first-order valence-electron chi connectivity index (χ1n) is 10.7. The molecule has 0 saturated carbocycles. The number of aromatic nitrogens is 5. The molecule has 0 radical (unpaired) electrons. The third-order valence-corrected chi connectivity index (χ3v) is 5.90. The van der Waals surface area contributed by atoms with Crippen molar-refractivity contribution < 1.29 is 9.53 Å². The van der Waals surface area contributed by atoms with Gasteiger partial charge < -0.3 is 15.4 Å². The van der Waals surface area contributed by atoms with E-state index in [0.29, 0.717) is 37.4 Å². The Hall–Kier alpha value is -2.60. The zero-order valence-electron chi connectivity index (χ0n) is 19.0. The van der Waals surface area contributed by atoms with Crippen LogP contribution in [-0.4, -0.2) is 62.2 Å². The third kappa shape index (κ3) is 5.41. The van der Waals surface area contributed by atoms with Crippen LogP contribution in [0.5, 0.6) is 0 Å². The first-order chi connectivity index (χ1) is 15.2. The van der Waals surface area contributed by atoms with Crippen molar-refractivity contribution in [3.05, 3.63) is 26.4 Å². The number of nitrogens with one attached hydrogen (secondary N) is 1. The molecule has 12 heteroatoms. The highest BCUT2D eigenvalue weighted by molar-refractivity contribution is 7.99. The number of ether oxygens (including phenoxy) is 1. The van der Waals surface area contributed by atoms with E-state index in [-0.39, 0.29) is 23.1 Å². The van der Waals surface area contributed by atoms with Gasteiger partial charge in [-0.05, 0) is 11.8 Å². The number of rotatable bonds is 9. The number of H-pyrrole nitrogens is 1. The largest absolute Gasteiger partial charge is 0.384 e. The molecule has 1 aliphatic heterocycles. The van der Waals surface area contributed by atoms with Crippen molar-refractivity contribution in [1.82, 2.24) is 24.3 Å². The number of nitrogens with zero attached hydrogens (tertiary/aromatic N) is 5. The summed E-state index contributed by atoms with van der Waals surface area (Å²) in [6, 6.07) is 0. The van der Waals surface area contributed by atoms with Gasteiger partial charge in [-0.2, -0.15) is 0 Å². The molecule has 0 aromatic carbocycles. The zero-order chi connectivity index (χ0) is 23.4. The number of hydrogen-bond acceptors (Lipinski definition) is 9. The van der Waals surface area contributed by atoms with Crippen LogP contribution in [-0.2, 0) is 17.8 Å². The number of nitrogen functional groups attached to an aromatic ring is 1. The molecule has 1 saturated heterocycles. The molecule has 3 rings (SSSR count). The van der Waals surface area contributed by atoms with Crippen LogP contribution >= 0.6 is 11.8 Å². The number of Topliss-reactive ketones (excluding diaryl/α,β-unsaturated/α-hetero) is 1. The molecule has 2 aromatic heterocycles. The van der Waals surface area contributed by atoms with E-state index in [0.717, 1.165) is 19.0 Å². The van der Waals surface area contributed by atoms with E-state index in [4.69, 9.17) is 10.5 Å². The molecule has 3 heterocycles. The fourth-order valence-electron chi connectivity index (χ4n) is 3.52. The Balaban J connectivity index is 1.84. The second-order valence-corrected chi connectivity index (χ2v) is 9.56. The van der Waals surface area contributed by atoms with Crippen LogP contribution < -0.4 is 21.9 Å². The fraction of sp³-hybridized carbons (Fsp3) is 0.650. The van der Waals surface area contributed by atoms with Crippen LogP contribution in [0.1, 0.15) is 38.1 Å². The third-order valence-electron chi connectivity index (χ3n) is 4.94. The topological polar surface area (TPSA) is 141 Å². The van der Waals surface area contributed by atoms with Crippen molar-refractivity contribution in [2.75, 3.05) is 42.7 Å². The molecule has 11 nitrogen and oxygen atoms in total. The minimum Gasteiger partial charge on any atom is -0.384 e. The predicted octanol–water partition coefficient (Wildman–Crippen LogP) is 0.834. The maximum Gasteiger partial charge on any atom is 0.329 e. The van der Waals surface area contributed by atoms with E-state index in [1.54, 1.807) is 0 Å². The van der Waals surface area contributed by atoms with E-state index in [2.05, 4.69) is 33.9 Å². The van der Waals surface area contributed by atoms with Gasteiger partial charge in [0.15, 0.2) is 10.9 Å². The summed E-state index contributed by atoms with van der Waals surface area (Å²) in [5.41, 5.74) is 4.49. The molecule has 0 bridgehead atoms. The maximum absolute atomic E-state index is 12.9. The van der Waals surface area contributed by atoms with Crippen molar-refractivity contribution in [3.63, 3.8) is 0 Å². The van der Waals surface area contributed by atoms with Crippen LogP contribution in [0.25, 0.3) is 0 Å². The number of carbonyl (C=O) groups excluding carboxylic acids is 1. The molecule has 176 valence electrons. The lowest BCUT2D eigenvalue weighted by Crippen LogP contribution is -2.38. The van der Waals surface area contributed by atoms with Crippen LogP contribution in [0.4, 0.5) is 11.8 Å². The minimum atomic E-state index is -0.768. The van der Waals surface area contributed by atoms with Gasteiger partial charge in [0, 0.05) is 26.2 Å². The number of anilines is 2. The van der Waals surface area contributed by atoms with Gasteiger partial charge in [0.05, 0.1) is 19.0 Å². The second-order valence-electron chi connectivity index (χ2n) is 8.62. The first kappa shape index (κ1) is 24.1. The monoisotopic (exact) mass is 465 g/mol. The molecule has 1 aliphatic rings. The van der Waals surface area contributed by atoms with Gasteiger partial charge in [-0.1, -0.05) is 39.5 Å². The normalized spacial score (nSPS) is 14.5. The standard InChI is InChI=1S/C20H31N7O4S/c1-12(2)9-26-16(21)15(17(29)22-19(26)30)14(28)11-32-20-24-23-18(27(20)10-13(3)4)25-5-7-31-8-6-25/h12-13H,5-11,21H2,1-4H3,(H,22,29,30). The van der Waals surface area contributed by atoms with Gasteiger partial charge >= 0.3 is 5.69 Å². The lowest BCUT2D eigenvalue weighted by molar-refractivity contribution is 0.102. The van der Waals surface area contributed by atoms with Gasteiger partial charge in [0.25, 0.3) is 5.56 Å². The molecule has 0 aliphatic carbocycles. The number of aromatic amines is 1. The number of thioether (sulfide) groups is 1. The van der Waals surface area contributed by atoms with E-state index >= 15 is 0 Å². The number of hydrogen-bond donors (Lipinski definition) is 2. The summed E-state index contributed by atoms with van der Waals surface area (Å²) < 4.78 is 8.66. The number of carbonyl (C=O) groups is 1. The Kier molecular flexibility index (Phi) is 7.77. The Morgan fingerprint density at radius 2 is 1.72 bits per heavy atom. The summed E-state index contributed by atoms with van der Waals surface area (Å²) in [4.78, 5) is 41.7. The Labute approximate surface area is 190 Å². The van der Waals surface area contributed by atoms with Gasteiger partial charge in [0.2, 0.25) is 5.95 Å². The van der Waals surface area contributed by atoms with Crippen molar-refractivity contribution in [3.8, 4) is 0 Å². The van der Waals surface area contributed by atoms with E-state index in [1.165, 1.54) is 16.3 Å². The molecule has 0 atom stereocenters. The van der Waals surface area contributed by atoms with Gasteiger partial charge in [-0.25, -0.2) is 4.79 Å². The van der Waals surface area contributed by atoms with Crippen LogP contribution in [0.2, 0.25) is 0 Å². The van der Waals surface area contributed by atoms with Crippen LogP contribution in [0, 0.1) is 11.8 Å². The minimum absolute atomic E-state index is 0.0491. The summed E-state index contributed by atoms with van der Waals surface area (Å²) in [5.74, 6) is 0.603. The molecular weight excluding hydrogens is 434 g/mol. The quantitative estimate of drug-likeness (QED) is 0.407. The molecule has 3 N–H and O–H groups in total. The first-order valence-corrected chi connectivity index (χ1v) is 11.7. The summed E-state index contributed by atoms with van der Waals surface area (Å²) in [7, 11) is 0. The van der Waals surface area contributed by atoms with E-state index < -0.39 is 17.0 Å². The Morgan fingerprint density at radius 1 is 1.09 bits per heavy atom. The summed E-state index contributed by atoms with van der Waals surface area (Å²) in [6.07, 6.45) is 0.